The Balaban J connectivity index is 0.000000747. The summed E-state index contributed by atoms with van der Waals surface area (Å²) >= 11 is 0. The number of benzene rings is 3. The summed E-state index contributed by atoms with van der Waals surface area (Å²) in [5.41, 5.74) is 4.61. The summed E-state index contributed by atoms with van der Waals surface area (Å²) in [6.45, 7) is 10.3. The van der Waals surface area contributed by atoms with Crippen molar-refractivity contribution in [3.8, 4) is 11.4 Å². The number of para-hydroxylation sites is 2. The Kier molecular flexibility index (Phi) is 7.77. The number of rotatable bonds is 5. The zero-order valence-electron chi connectivity index (χ0n) is 22.0. The molecule has 0 aliphatic rings. The maximum Gasteiger partial charge on any atom is 0.275 e. The van der Waals surface area contributed by atoms with Crippen LogP contribution in [0.15, 0.2) is 101 Å². The molecule has 0 saturated heterocycles. The van der Waals surface area contributed by atoms with Gasteiger partial charge in [-0.1, -0.05) is 87.5 Å². The van der Waals surface area contributed by atoms with Crippen LogP contribution in [0.4, 0.5) is 0 Å². The minimum Gasteiger partial charge on any atom is -0.295 e. The zero-order chi connectivity index (χ0) is 26.5. The second kappa shape index (κ2) is 11.2. The van der Waals surface area contributed by atoms with Gasteiger partial charge in [0.15, 0.2) is 0 Å². The van der Waals surface area contributed by atoms with Crippen LogP contribution >= 0.6 is 0 Å². The molecule has 0 radical (unpaired) electrons. The number of aryl methyl sites for hydroxylation is 2. The van der Waals surface area contributed by atoms with Crippen LogP contribution in [-0.4, -0.2) is 19.6 Å². The van der Waals surface area contributed by atoms with Gasteiger partial charge in [-0.3, -0.25) is 19.8 Å². The van der Waals surface area contributed by atoms with Crippen molar-refractivity contribution < 1.29 is 0 Å². The predicted molar refractivity (Wildman–Crippen MR) is 150 cm³/mol. The van der Waals surface area contributed by atoms with Gasteiger partial charge in [0.25, 0.3) is 11.1 Å². The average Bonchev–Trinajstić information content (AvgIpc) is 3.36. The van der Waals surface area contributed by atoms with Crippen molar-refractivity contribution >= 4 is 0 Å². The maximum absolute atomic E-state index is 13.7. The average molecular weight is 495 g/mol. The summed E-state index contributed by atoms with van der Waals surface area (Å²) in [6.07, 6.45) is 0. The number of aromatic amines is 2. The van der Waals surface area contributed by atoms with Crippen LogP contribution in [0.5, 0.6) is 0 Å². The second-order valence-electron chi connectivity index (χ2n) is 9.83. The van der Waals surface area contributed by atoms with Gasteiger partial charge in [-0.25, -0.2) is 9.36 Å². The highest BCUT2D eigenvalue weighted by molar-refractivity contribution is 5.47. The lowest BCUT2D eigenvalue weighted by Crippen LogP contribution is -2.25. The first-order valence-electron chi connectivity index (χ1n) is 12.6. The fourth-order valence-electron chi connectivity index (χ4n) is 4.44. The molecule has 2 aromatic heterocycles. The van der Waals surface area contributed by atoms with Gasteiger partial charge in [-0.2, -0.15) is 0 Å². The quantitative estimate of drug-likeness (QED) is 0.310. The summed E-state index contributed by atoms with van der Waals surface area (Å²) in [4.78, 5) is 27.4. The molecule has 2 N–H and O–H groups in total. The molecule has 0 aliphatic carbocycles. The Bertz CT molecular complexity index is 1460. The number of H-pyrrole nitrogens is 2. The molecule has 6 nitrogen and oxygen atoms in total. The van der Waals surface area contributed by atoms with Gasteiger partial charge in [0.2, 0.25) is 0 Å². The predicted octanol–water partition coefficient (Wildman–Crippen LogP) is 6.10. The molecule has 2 heterocycles. The van der Waals surface area contributed by atoms with E-state index in [-0.39, 0.29) is 11.1 Å². The first kappa shape index (κ1) is 25.8. The van der Waals surface area contributed by atoms with E-state index in [0.717, 1.165) is 34.2 Å². The summed E-state index contributed by atoms with van der Waals surface area (Å²) in [5, 5.41) is 6.42. The Morgan fingerprint density at radius 1 is 0.568 bits per heavy atom. The molecule has 0 fully saturated rings. The molecule has 190 valence electrons. The molecule has 37 heavy (non-hydrogen) atoms. The SMILES string of the molecule is CC(C)C.Cc1[nH]n(-c2ccccc2)c(=O)c1C(c1ccccc1)c1c(C)[nH]n(-c2ccccc2)c1=O. The number of hydrogen-bond acceptors (Lipinski definition) is 2. The van der Waals surface area contributed by atoms with E-state index in [1.165, 1.54) is 0 Å². The summed E-state index contributed by atoms with van der Waals surface area (Å²) in [6, 6.07) is 28.6. The van der Waals surface area contributed by atoms with E-state index in [1.807, 2.05) is 105 Å². The minimum atomic E-state index is -0.520. The largest absolute Gasteiger partial charge is 0.295 e. The number of nitrogens with one attached hydrogen (secondary N) is 2. The molecule has 3 aromatic carbocycles. The first-order valence-corrected chi connectivity index (χ1v) is 12.6. The third kappa shape index (κ3) is 5.43. The first-order chi connectivity index (χ1) is 17.8. The van der Waals surface area contributed by atoms with Gasteiger partial charge >= 0.3 is 0 Å². The van der Waals surface area contributed by atoms with Crippen molar-refractivity contribution in [1.29, 1.82) is 0 Å². The van der Waals surface area contributed by atoms with E-state index in [0.29, 0.717) is 11.1 Å². The summed E-state index contributed by atoms with van der Waals surface area (Å²) in [7, 11) is 0. The van der Waals surface area contributed by atoms with E-state index < -0.39 is 5.92 Å². The van der Waals surface area contributed by atoms with E-state index >= 15 is 0 Å². The molecule has 0 amide bonds. The van der Waals surface area contributed by atoms with Crippen molar-refractivity contribution in [3.63, 3.8) is 0 Å². The monoisotopic (exact) mass is 494 g/mol. The van der Waals surface area contributed by atoms with Crippen molar-refractivity contribution in [1.82, 2.24) is 19.6 Å². The zero-order valence-corrected chi connectivity index (χ0v) is 22.0. The third-order valence-corrected chi connectivity index (χ3v) is 5.97. The van der Waals surface area contributed by atoms with E-state index in [4.69, 9.17) is 0 Å². The normalized spacial score (nSPS) is 11.0. The van der Waals surface area contributed by atoms with Gasteiger partial charge in [0, 0.05) is 17.3 Å². The summed E-state index contributed by atoms with van der Waals surface area (Å²) in [5.74, 6) is 0.314. The standard InChI is InChI=1S/C27H24N4O2.C4H10/c1-18-23(26(32)30(28-18)21-14-8-4-9-15-21)25(20-12-6-3-7-13-20)24-19(2)29-31(27(24)33)22-16-10-5-11-17-22;1-4(2)3/h3-17,25,28-29H,1-2H3;4H,1-3H3. The molecule has 0 saturated carbocycles. The lowest BCUT2D eigenvalue weighted by atomic mass is 9.85. The fraction of sp³-hybridized carbons (Fsp3) is 0.226. The van der Waals surface area contributed by atoms with Gasteiger partial charge < -0.3 is 0 Å². The topological polar surface area (TPSA) is 75.6 Å². The molecule has 0 bridgehead atoms. The van der Waals surface area contributed by atoms with Crippen LogP contribution in [0.2, 0.25) is 0 Å². The fourth-order valence-corrected chi connectivity index (χ4v) is 4.44. The van der Waals surface area contributed by atoms with Crippen LogP contribution < -0.4 is 11.1 Å². The highest BCUT2D eigenvalue weighted by Crippen LogP contribution is 2.32. The molecule has 0 unspecified atom stereocenters. The van der Waals surface area contributed by atoms with Gasteiger partial charge in [-0.05, 0) is 49.6 Å². The molecule has 5 rings (SSSR count). The Morgan fingerprint density at radius 3 is 1.24 bits per heavy atom. The Hall–Kier alpha value is -4.32. The molecule has 0 aliphatic heterocycles. The van der Waals surface area contributed by atoms with E-state index in [1.54, 1.807) is 9.36 Å². The number of hydrogen-bond donors (Lipinski definition) is 2. The number of aromatic nitrogens is 4. The number of nitrogens with zero attached hydrogens (tertiary/aromatic N) is 2. The van der Waals surface area contributed by atoms with Crippen molar-refractivity contribution in [2.75, 3.05) is 0 Å². The van der Waals surface area contributed by atoms with Crippen molar-refractivity contribution in [2.45, 2.75) is 40.5 Å². The Morgan fingerprint density at radius 2 is 0.892 bits per heavy atom. The molecule has 6 heteroatoms. The summed E-state index contributed by atoms with van der Waals surface area (Å²) < 4.78 is 3.08. The van der Waals surface area contributed by atoms with Crippen molar-refractivity contribution in [2.24, 2.45) is 5.92 Å². The van der Waals surface area contributed by atoms with Crippen LogP contribution in [-0.2, 0) is 0 Å². The molecule has 5 aromatic rings. The lowest BCUT2D eigenvalue weighted by molar-refractivity contribution is 0.737. The smallest absolute Gasteiger partial charge is 0.275 e. The molecular weight excluding hydrogens is 460 g/mol. The van der Waals surface area contributed by atoms with Crippen molar-refractivity contribution in [3.05, 3.63) is 140 Å². The van der Waals surface area contributed by atoms with Crippen LogP contribution in [0.25, 0.3) is 11.4 Å². The highest BCUT2D eigenvalue weighted by Gasteiger charge is 2.30. The Labute approximate surface area is 217 Å². The van der Waals surface area contributed by atoms with E-state index in [2.05, 4.69) is 31.0 Å². The maximum atomic E-state index is 13.7. The third-order valence-electron chi connectivity index (χ3n) is 5.97. The molecule has 0 spiro atoms. The highest BCUT2D eigenvalue weighted by atomic mass is 16.1. The van der Waals surface area contributed by atoms with Gasteiger partial charge in [-0.15, -0.1) is 0 Å². The van der Waals surface area contributed by atoms with E-state index in [9.17, 15) is 9.59 Å². The minimum absolute atomic E-state index is 0.168. The van der Waals surface area contributed by atoms with Gasteiger partial charge in [0.05, 0.1) is 22.5 Å². The van der Waals surface area contributed by atoms with Gasteiger partial charge in [0.1, 0.15) is 0 Å². The molecular formula is C31H34N4O2. The van der Waals surface area contributed by atoms with Crippen LogP contribution in [0, 0.1) is 19.8 Å². The van der Waals surface area contributed by atoms with Crippen LogP contribution in [0.1, 0.15) is 54.8 Å². The lowest BCUT2D eigenvalue weighted by Gasteiger charge is -2.15. The molecule has 0 atom stereocenters. The second-order valence-corrected chi connectivity index (χ2v) is 9.83. The van der Waals surface area contributed by atoms with Crippen LogP contribution in [0.3, 0.4) is 0 Å².